The molecule has 0 aliphatic heterocycles. The van der Waals surface area contributed by atoms with Gasteiger partial charge in [0.25, 0.3) is 0 Å². The molecule has 1 atom stereocenters. The summed E-state index contributed by atoms with van der Waals surface area (Å²) in [6, 6.07) is 0. The lowest BCUT2D eigenvalue weighted by atomic mass is 9.49. The molecular formula is C12H20O2. The van der Waals surface area contributed by atoms with Gasteiger partial charge >= 0.3 is 0 Å². The normalized spacial score (nSPS) is 52.3. The summed E-state index contributed by atoms with van der Waals surface area (Å²) in [5, 5.41) is 10.0. The fourth-order valence-electron chi connectivity index (χ4n) is 4.73. The fourth-order valence-corrected chi connectivity index (χ4v) is 4.73. The lowest BCUT2D eigenvalue weighted by molar-refractivity contribution is -0.216. The Balaban J connectivity index is 1.87. The number of aliphatic hydroxyl groups is 1. The molecule has 4 fully saturated rings. The van der Waals surface area contributed by atoms with E-state index < -0.39 is 6.29 Å². The SMILES string of the molecule is CO[C@H](O)C12CC3CC(CC(C3)C1)C2. The van der Waals surface area contributed by atoms with Gasteiger partial charge in [-0.1, -0.05) is 0 Å². The highest BCUT2D eigenvalue weighted by molar-refractivity contribution is 5.02. The minimum absolute atomic E-state index is 0.142. The van der Waals surface area contributed by atoms with Crippen LogP contribution >= 0.6 is 0 Å². The fraction of sp³-hybridized carbons (Fsp3) is 1.00. The van der Waals surface area contributed by atoms with Crippen molar-refractivity contribution in [1.29, 1.82) is 0 Å². The molecule has 4 bridgehead atoms. The lowest BCUT2D eigenvalue weighted by Crippen LogP contribution is -2.52. The van der Waals surface area contributed by atoms with E-state index in [1.165, 1.54) is 38.5 Å². The zero-order valence-corrected chi connectivity index (χ0v) is 8.91. The van der Waals surface area contributed by atoms with Gasteiger partial charge in [-0.3, -0.25) is 0 Å². The summed E-state index contributed by atoms with van der Waals surface area (Å²) in [6.07, 6.45) is 7.42. The number of hydrogen-bond acceptors (Lipinski definition) is 2. The van der Waals surface area contributed by atoms with Gasteiger partial charge in [-0.05, 0) is 56.3 Å². The Morgan fingerprint density at radius 2 is 1.50 bits per heavy atom. The zero-order chi connectivity index (χ0) is 9.76. The van der Waals surface area contributed by atoms with E-state index in [2.05, 4.69) is 0 Å². The maximum atomic E-state index is 10.0. The Kier molecular flexibility index (Phi) is 1.94. The molecule has 0 aromatic carbocycles. The summed E-state index contributed by atoms with van der Waals surface area (Å²) in [6.45, 7) is 0. The van der Waals surface area contributed by atoms with Crippen molar-refractivity contribution in [3.8, 4) is 0 Å². The molecule has 2 nitrogen and oxygen atoms in total. The molecule has 0 saturated heterocycles. The Morgan fingerprint density at radius 1 is 1.07 bits per heavy atom. The average Bonchev–Trinajstić information content (AvgIpc) is 2.14. The summed E-state index contributed by atoms with van der Waals surface area (Å²) in [5.74, 6) is 2.68. The van der Waals surface area contributed by atoms with Crippen LogP contribution in [0.1, 0.15) is 38.5 Å². The van der Waals surface area contributed by atoms with Crippen LogP contribution in [-0.4, -0.2) is 18.5 Å². The van der Waals surface area contributed by atoms with Gasteiger partial charge in [0.15, 0.2) is 6.29 Å². The molecule has 4 rings (SSSR count). The monoisotopic (exact) mass is 196 g/mol. The van der Waals surface area contributed by atoms with E-state index >= 15 is 0 Å². The molecule has 0 aromatic heterocycles. The largest absolute Gasteiger partial charge is 0.367 e. The Bertz CT molecular complexity index is 201. The van der Waals surface area contributed by atoms with Crippen LogP contribution in [0.25, 0.3) is 0 Å². The van der Waals surface area contributed by atoms with E-state index in [-0.39, 0.29) is 5.41 Å². The maximum absolute atomic E-state index is 10.0. The van der Waals surface area contributed by atoms with Crippen molar-refractivity contribution in [3.63, 3.8) is 0 Å². The first kappa shape index (κ1) is 9.17. The minimum Gasteiger partial charge on any atom is -0.367 e. The van der Waals surface area contributed by atoms with Crippen molar-refractivity contribution in [2.24, 2.45) is 23.2 Å². The molecule has 0 amide bonds. The number of aliphatic hydroxyl groups excluding tert-OH is 1. The first-order chi connectivity index (χ1) is 6.72. The van der Waals surface area contributed by atoms with Gasteiger partial charge in [0.05, 0.1) is 0 Å². The van der Waals surface area contributed by atoms with Crippen LogP contribution in [0.5, 0.6) is 0 Å². The van der Waals surface area contributed by atoms with Gasteiger partial charge in [0.1, 0.15) is 0 Å². The molecule has 14 heavy (non-hydrogen) atoms. The van der Waals surface area contributed by atoms with E-state index in [1.807, 2.05) is 0 Å². The molecule has 0 radical (unpaired) electrons. The van der Waals surface area contributed by atoms with E-state index in [0.29, 0.717) is 0 Å². The van der Waals surface area contributed by atoms with E-state index in [1.54, 1.807) is 7.11 Å². The lowest BCUT2D eigenvalue weighted by Gasteiger charge is -2.57. The topological polar surface area (TPSA) is 29.5 Å². The average molecular weight is 196 g/mol. The quantitative estimate of drug-likeness (QED) is 0.686. The second kappa shape index (κ2) is 2.96. The van der Waals surface area contributed by atoms with Gasteiger partial charge < -0.3 is 9.84 Å². The van der Waals surface area contributed by atoms with Crippen LogP contribution < -0.4 is 0 Å². The third-order valence-electron chi connectivity index (χ3n) is 4.83. The Morgan fingerprint density at radius 3 is 1.86 bits per heavy atom. The van der Waals surface area contributed by atoms with Crippen molar-refractivity contribution in [3.05, 3.63) is 0 Å². The number of methoxy groups -OCH3 is 1. The van der Waals surface area contributed by atoms with E-state index in [4.69, 9.17) is 4.74 Å². The molecule has 0 heterocycles. The summed E-state index contributed by atoms with van der Waals surface area (Å²) >= 11 is 0. The van der Waals surface area contributed by atoms with Gasteiger partial charge in [0, 0.05) is 12.5 Å². The Labute approximate surface area is 85.6 Å². The molecule has 0 aromatic rings. The molecule has 4 aliphatic carbocycles. The number of hydrogen-bond donors (Lipinski definition) is 1. The Hall–Kier alpha value is -0.0800. The summed E-state index contributed by atoms with van der Waals surface area (Å²) in [7, 11) is 1.64. The predicted molar refractivity (Wildman–Crippen MR) is 53.6 cm³/mol. The van der Waals surface area contributed by atoms with Crippen molar-refractivity contribution in [2.75, 3.05) is 7.11 Å². The highest BCUT2D eigenvalue weighted by atomic mass is 16.6. The van der Waals surface area contributed by atoms with Gasteiger partial charge in [-0.25, -0.2) is 0 Å². The summed E-state index contributed by atoms with van der Waals surface area (Å²) in [4.78, 5) is 0. The summed E-state index contributed by atoms with van der Waals surface area (Å²) in [5.41, 5.74) is 0.142. The van der Waals surface area contributed by atoms with Crippen LogP contribution in [0.4, 0.5) is 0 Å². The first-order valence-corrected chi connectivity index (χ1v) is 5.93. The highest BCUT2D eigenvalue weighted by Gasteiger charge is 2.54. The zero-order valence-electron chi connectivity index (χ0n) is 8.91. The standard InChI is InChI=1S/C12H20O2/c1-14-11(13)12-5-8-2-9(6-12)4-10(3-8)7-12/h8-11,13H,2-7H2,1H3/t8?,9?,10?,11-,12?/m0/s1. The van der Waals surface area contributed by atoms with Crippen molar-refractivity contribution in [2.45, 2.75) is 44.8 Å². The second-order valence-corrected chi connectivity index (χ2v) is 5.87. The van der Waals surface area contributed by atoms with Crippen LogP contribution in [0.3, 0.4) is 0 Å². The van der Waals surface area contributed by atoms with Crippen molar-refractivity contribution < 1.29 is 9.84 Å². The second-order valence-electron chi connectivity index (χ2n) is 5.87. The molecule has 4 saturated carbocycles. The van der Waals surface area contributed by atoms with Gasteiger partial charge in [0.2, 0.25) is 0 Å². The summed E-state index contributed by atoms with van der Waals surface area (Å²) < 4.78 is 5.19. The predicted octanol–water partition coefficient (Wildman–Crippen LogP) is 2.17. The molecule has 0 unspecified atom stereocenters. The van der Waals surface area contributed by atoms with E-state index in [9.17, 15) is 5.11 Å². The highest BCUT2D eigenvalue weighted by Crippen LogP contribution is 2.61. The van der Waals surface area contributed by atoms with Crippen LogP contribution in [0.15, 0.2) is 0 Å². The van der Waals surface area contributed by atoms with Crippen molar-refractivity contribution >= 4 is 0 Å². The third-order valence-corrected chi connectivity index (χ3v) is 4.83. The van der Waals surface area contributed by atoms with Crippen molar-refractivity contribution in [1.82, 2.24) is 0 Å². The minimum atomic E-state index is -0.504. The third kappa shape index (κ3) is 1.17. The molecule has 2 heteroatoms. The van der Waals surface area contributed by atoms with E-state index in [0.717, 1.165) is 17.8 Å². The molecular weight excluding hydrogens is 176 g/mol. The van der Waals surface area contributed by atoms with Gasteiger partial charge in [-0.2, -0.15) is 0 Å². The van der Waals surface area contributed by atoms with Crippen LogP contribution in [-0.2, 0) is 4.74 Å². The number of rotatable bonds is 2. The smallest absolute Gasteiger partial charge is 0.159 e. The number of ether oxygens (including phenoxy) is 1. The van der Waals surface area contributed by atoms with Gasteiger partial charge in [-0.15, -0.1) is 0 Å². The first-order valence-electron chi connectivity index (χ1n) is 5.93. The molecule has 4 aliphatic rings. The van der Waals surface area contributed by atoms with Crippen LogP contribution in [0, 0.1) is 23.2 Å². The maximum Gasteiger partial charge on any atom is 0.159 e. The molecule has 80 valence electrons. The molecule has 1 N–H and O–H groups in total. The molecule has 0 spiro atoms. The van der Waals surface area contributed by atoms with Crippen LogP contribution in [0.2, 0.25) is 0 Å².